The molecule has 6 nitrogen and oxygen atoms in total. The van der Waals surface area contributed by atoms with Crippen molar-refractivity contribution < 1.29 is 14.7 Å². The molecule has 0 spiro atoms. The van der Waals surface area contributed by atoms with E-state index in [1.54, 1.807) is 6.92 Å². The highest BCUT2D eigenvalue weighted by Gasteiger charge is 2.27. The van der Waals surface area contributed by atoms with E-state index in [2.05, 4.69) is 10.6 Å². The molecular weight excluding hydrogens is 246 g/mol. The maximum atomic E-state index is 11.7. The van der Waals surface area contributed by atoms with Gasteiger partial charge in [-0.05, 0) is 46.6 Å². The average molecular weight is 271 g/mol. The van der Waals surface area contributed by atoms with E-state index in [-0.39, 0.29) is 30.0 Å². The first-order valence-electron chi connectivity index (χ1n) is 6.70. The van der Waals surface area contributed by atoms with E-state index < -0.39 is 6.03 Å². The first-order valence-corrected chi connectivity index (χ1v) is 6.70. The summed E-state index contributed by atoms with van der Waals surface area (Å²) in [5.41, 5.74) is -0.366. The number of carbonyl (C=O) groups excluding carboxylic acids is 2. The summed E-state index contributed by atoms with van der Waals surface area (Å²) in [4.78, 5) is 25.2. The van der Waals surface area contributed by atoms with E-state index >= 15 is 0 Å². The van der Waals surface area contributed by atoms with E-state index in [0.717, 1.165) is 13.0 Å². The summed E-state index contributed by atoms with van der Waals surface area (Å²) < 4.78 is 0. The molecule has 0 radical (unpaired) electrons. The molecular formula is C13H25N3O3. The standard InChI is InChI=1S/C13H25N3O3/c1-9(17)10-5-6-16(7-10)8-11(18)14-12(19)15-13(2,3)4/h9-10,17H,5-8H2,1-4H3,(H2,14,15,18,19). The van der Waals surface area contributed by atoms with Crippen molar-refractivity contribution in [2.75, 3.05) is 19.6 Å². The number of aliphatic hydroxyl groups is 1. The van der Waals surface area contributed by atoms with Gasteiger partial charge in [0.1, 0.15) is 0 Å². The Hall–Kier alpha value is -1.14. The molecule has 6 heteroatoms. The van der Waals surface area contributed by atoms with E-state index in [9.17, 15) is 14.7 Å². The van der Waals surface area contributed by atoms with Crippen molar-refractivity contribution in [2.24, 2.45) is 5.92 Å². The van der Waals surface area contributed by atoms with Crippen LogP contribution in [0.1, 0.15) is 34.1 Å². The third-order valence-corrected chi connectivity index (χ3v) is 3.10. The Balaban J connectivity index is 2.31. The molecule has 1 saturated heterocycles. The fraction of sp³-hybridized carbons (Fsp3) is 0.846. The number of urea groups is 1. The first-order chi connectivity index (χ1) is 8.67. The van der Waals surface area contributed by atoms with Gasteiger partial charge < -0.3 is 10.4 Å². The molecule has 0 aromatic heterocycles. The molecule has 0 bridgehead atoms. The molecule has 3 amide bonds. The summed E-state index contributed by atoms with van der Waals surface area (Å²) in [6.07, 6.45) is 0.538. The number of rotatable bonds is 3. The number of amides is 3. The van der Waals surface area contributed by atoms with Crippen LogP contribution in [-0.4, -0.2) is 53.2 Å². The summed E-state index contributed by atoms with van der Waals surface area (Å²) >= 11 is 0. The number of aliphatic hydroxyl groups excluding tert-OH is 1. The quantitative estimate of drug-likeness (QED) is 0.690. The monoisotopic (exact) mass is 271 g/mol. The van der Waals surface area contributed by atoms with E-state index in [1.165, 1.54) is 0 Å². The van der Waals surface area contributed by atoms with Gasteiger partial charge in [-0.1, -0.05) is 0 Å². The van der Waals surface area contributed by atoms with Gasteiger partial charge >= 0.3 is 6.03 Å². The van der Waals surface area contributed by atoms with Crippen LogP contribution in [0.4, 0.5) is 4.79 Å². The molecule has 1 aliphatic heterocycles. The minimum atomic E-state index is -0.469. The molecule has 0 aromatic rings. The Morgan fingerprint density at radius 2 is 2.05 bits per heavy atom. The number of likely N-dealkylation sites (tertiary alicyclic amines) is 1. The number of carbonyl (C=O) groups is 2. The van der Waals surface area contributed by atoms with Crippen LogP contribution in [0.25, 0.3) is 0 Å². The van der Waals surface area contributed by atoms with Gasteiger partial charge in [0.15, 0.2) is 0 Å². The van der Waals surface area contributed by atoms with Crippen molar-refractivity contribution in [3.05, 3.63) is 0 Å². The molecule has 1 fully saturated rings. The number of nitrogens with one attached hydrogen (secondary N) is 2. The second-order valence-electron chi connectivity index (χ2n) is 6.28. The maximum Gasteiger partial charge on any atom is 0.321 e. The number of hydrogen-bond donors (Lipinski definition) is 3. The van der Waals surface area contributed by atoms with Crippen molar-refractivity contribution in [1.29, 1.82) is 0 Å². The predicted octanol–water partition coefficient (Wildman–Crippen LogP) is 0.313. The molecule has 2 atom stereocenters. The van der Waals surface area contributed by atoms with Gasteiger partial charge in [-0.15, -0.1) is 0 Å². The van der Waals surface area contributed by atoms with Crippen LogP contribution in [0.2, 0.25) is 0 Å². The highest BCUT2D eigenvalue weighted by atomic mass is 16.3. The van der Waals surface area contributed by atoms with Crippen LogP contribution >= 0.6 is 0 Å². The second-order valence-corrected chi connectivity index (χ2v) is 6.28. The van der Waals surface area contributed by atoms with Crippen LogP contribution in [0.15, 0.2) is 0 Å². The molecule has 110 valence electrons. The smallest absolute Gasteiger partial charge is 0.321 e. The van der Waals surface area contributed by atoms with Gasteiger partial charge in [-0.3, -0.25) is 15.0 Å². The van der Waals surface area contributed by atoms with Crippen LogP contribution in [0, 0.1) is 5.92 Å². The normalized spacial score (nSPS) is 22.1. The topological polar surface area (TPSA) is 81.7 Å². The SMILES string of the molecule is CC(O)C1CCN(CC(=O)NC(=O)NC(C)(C)C)C1. The maximum absolute atomic E-state index is 11.7. The van der Waals surface area contributed by atoms with E-state index in [0.29, 0.717) is 6.54 Å². The van der Waals surface area contributed by atoms with E-state index in [1.807, 2.05) is 25.7 Å². The highest BCUT2D eigenvalue weighted by Crippen LogP contribution is 2.18. The van der Waals surface area contributed by atoms with Crippen molar-refractivity contribution >= 4 is 11.9 Å². The van der Waals surface area contributed by atoms with Gasteiger partial charge in [-0.25, -0.2) is 4.79 Å². The van der Waals surface area contributed by atoms with Gasteiger partial charge in [0, 0.05) is 12.1 Å². The van der Waals surface area contributed by atoms with Crippen molar-refractivity contribution in [1.82, 2.24) is 15.5 Å². The van der Waals surface area contributed by atoms with Gasteiger partial charge in [0.2, 0.25) is 5.91 Å². The van der Waals surface area contributed by atoms with Crippen LogP contribution in [0.3, 0.4) is 0 Å². The van der Waals surface area contributed by atoms with Gasteiger partial charge in [0.25, 0.3) is 0 Å². The van der Waals surface area contributed by atoms with Crippen molar-refractivity contribution in [3.63, 3.8) is 0 Å². The largest absolute Gasteiger partial charge is 0.393 e. The molecule has 1 aliphatic rings. The van der Waals surface area contributed by atoms with Crippen molar-refractivity contribution in [3.8, 4) is 0 Å². The fourth-order valence-corrected chi connectivity index (χ4v) is 2.14. The third kappa shape index (κ3) is 6.02. The average Bonchev–Trinajstić information content (AvgIpc) is 2.62. The molecule has 1 heterocycles. The molecule has 19 heavy (non-hydrogen) atoms. The first kappa shape index (κ1) is 15.9. The van der Waals surface area contributed by atoms with Gasteiger partial charge in [-0.2, -0.15) is 0 Å². The Kier molecular flexibility index (Phi) is 5.31. The molecule has 0 saturated carbocycles. The zero-order chi connectivity index (χ0) is 14.6. The third-order valence-electron chi connectivity index (χ3n) is 3.10. The summed E-state index contributed by atoms with van der Waals surface area (Å²) in [7, 11) is 0. The molecule has 3 N–H and O–H groups in total. The van der Waals surface area contributed by atoms with Crippen molar-refractivity contribution in [2.45, 2.75) is 45.8 Å². The Labute approximate surface area is 114 Å². The lowest BCUT2D eigenvalue weighted by Gasteiger charge is -2.21. The molecule has 1 rings (SSSR count). The summed E-state index contributed by atoms with van der Waals surface area (Å²) in [6, 6.07) is -0.469. The molecule has 2 unspecified atom stereocenters. The van der Waals surface area contributed by atoms with Crippen LogP contribution in [-0.2, 0) is 4.79 Å². The van der Waals surface area contributed by atoms with Gasteiger partial charge in [0.05, 0.1) is 12.6 Å². The second kappa shape index (κ2) is 6.34. The summed E-state index contributed by atoms with van der Waals surface area (Å²) in [5, 5.41) is 14.5. The molecule has 0 aromatic carbocycles. The number of hydrogen-bond acceptors (Lipinski definition) is 4. The van der Waals surface area contributed by atoms with Crippen LogP contribution in [0.5, 0.6) is 0 Å². The number of nitrogens with zero attached hydrogens (tertiary/aromatic N) is 1. The lowest BCUT2D eigenvalue weighted by molar-refractivity contribution is -0.121. The summed E-state index contributed by atoms with van der Waals surface area (Å²) in [5.74, 6) is -0.0933. The highest BCUT2D eigenvalue weighted by molar-refractivity contribution is 5.95. The Morgan fingerprint density at radius 1 is 1.42 bits per heavy atom. The minimum absolute atomic E-state index is 0.195. The lowest BCUT2D eigenvalue weighted by atomic mass is 10.0. The van der Waals surface area contributed by atoms with Crippen LogP contribution < -0.4 is 10.6 Å². The fourth-order valence-electron chi connectivity index (χ4n) is 2.14. The Morgan fingerprint density at radius 3 is 2.53 bits per heavy atom. The summed E-state index contributed by atoms with van der Waals surface area (Å²) in [6.45, 7) is 9.00. The minimum Gasteiger partial charge on any atom is -0.393 e. The Bertz CT molecular complexity index is 337. The number of imide groups is 1. The lowest BCUT2D eigenvalue weighted by Crippen LogP contribution is -2.50. The van der Waals surface area contributed by atoms with E-state index in [4.69, 9.17) is 0 Å². The molecule has 0 aliphatic carbocycles. The zero-order valence-corrected chi connectivity index (χ0v) is 12.2. The predicted molar refractivity (Wildman–Crippen MR) is 72.7 cm³/mol. The zero-order valence-electron chi connectivity index (χ0n) is 12.2.